The van der Waals surface area contributed by atoms with Gasteiger partial charge in [0.2, 0.25) is 15.9 Å². The van der Waals surface area contributed by atoms with Crippen molar-refractivity contribution in [2.75, 3.05) is 13.1 Å². The Morgan fingerprint density at radius 1 is 1.35 bits per heavy atom. The van der Waals surface area contributed by atoms with Gasteiger partial charge in [0.05, 0.1) is 10.8 Å². The van der Waals surface area contributed by atoms with E-state index in [-0.39, 0.29) is 23.3 Å². The van der Waals surface area contributed by atoms with Crippen molar-refractivity contribution in [2.45, 2.75) is 51.9 Å². The predicted octanol–water partition coefficient (Wildman–Crippen LogP) is 2.93. The van der Waals surface area contributed by atoms with Crippen LogP contribution in [0.15, 0.2) is 34.3 Å². The Morgan fingerprint density at radius 3 is 2.62 bits per heavy atom. The van der Waals surface area contributed by atoms with E-state index in [9.17, 15) is 13.2 Å². The van der Waals surface area contributed by atoms with Crippen LogP contribution in [0, 0.1) is 18.8 Å². The van der Waals surface area contributed by atoms with Gasteiger partial charge >= 0.3 is 0 Å². The smallest absolute Gasteiger partial charge is 0.244 e. The number of hydrogen-bond donors (Lipinski definition) is 1. The maximum Gasteiger partial charge on any atom is 0.244 e. The summed E-state index contributed by atoms with van der Waals surface area (Å²) in [4.78, 5) is 12.7. The number of hydrazone groups is 1. The number of carbonyl (C=O) groups excluding carboxylic acids is 1. The summed E-state index contributed by atoms with van der Waals surface area (Å²) in [5.41, 5.74) is 4.50. The lowest BCUT2D eigenvalue weighted by Gasteiger charge is -2.30. The fourth-order valence-corrected chi connectivity index (χ4v) is 4.40. The van der Waals surface area contributed by atoms with Gasteiger partial charge in [0.15, 0.2) is 0 Å². The van der Waals surface area contributed by atoms with Crippen molar-refractivity contribution in [3.8, 4) is 0 Å². The molecular weight excluding hydrogens is 350 g/mol. The van der Waals surface area contributed by atoms with E-state index in [0.29, 0.717) is 25.3 Å². The van der Waals surface area contributed by atoms with Crippen LogP contribution in [0.4, 0.5) is 0 Å². The Balaban J connectivity index is 2.06. The predicted molar refractivity (Wildman–Crippen MR) is 103 cm³/mol. The number of sulfonamides is 1. The summed E-state index contributed by atoms with van der Waals surface area (Å²) in [5, 5.41) is 4.17. The summed E-state index contributed by atoms with van der Waals surface area (Å²) < 4.78 is 27.1. The average Bonchev–Trinajstić information content (AvgIpc) is 2.65. The van der Waals surface area contributed by atoms with E-state index in [4.69, 9.17) is 0 Å². The van der Waals surface area contributed by atoms with Crippen LogP contribution in [0.1, 0.15) is 45.6 Å². The van der Waals surface area contributed by atoms with Crippen molar-refractivity contribution < 1.29 is 13.2 Å². The molecule has 1 aromatic rings. The molecule has 7 heteroatoms. The average molecular weight is 380 g/mol. The minimum Gasteiger partial charge on any atom is -0.273 e. The van der Waals surface area contributed by atoms with Crippen molar-refractivity contribution in [3.63, 3.8) is 0 Å². The molecule has 1 saturated heterocycles. The Morgan fingerprint density at radius 2 is 2.00 bits per heavy atom. The van der Waals surface area contributed by atoms with Gasteiger partial charge in [-0.2, -0.15) is 9.41 Å². The molecule has 0 aromatic heterocycles. The van der Waals surface area contributed by atoms with E-state index in [2.05, 4.69) is 24.4 Å². The Labute approximate surface area is 156 Å². The number of amides is 1. The van der Waals surface area contributed by atoms with Crippen molar-refractivity contribution in [3.05, 3.63) is 29.8 Å². The second-order valence-electron chi connectivity index (χ2n) is 7.05. The minimum atomic E-state index is -3.58. The summed E-state index contributed by atoms with van der Waals surface area (Å²) >= 11 is 0. The van der Waals surface area contributed by atoms with Gasteiger partial charge in [-0.25, -0.2) is 13.8 Å². The van der Waals surface area contributed by atoms with E-state index in [1.807, 2.05) is 13.8 Å². The molecule has 26 heavy (non-hydrogen) atoms. The number of nitrogens with zero attached hydrogens (tertiary/aromatic N) is 2. The first kappa shape index (κ1) is 20.6. The Bertz CT molecular complexity index is 757. The van der Waals surface area contributed by atoms with Gasteiger partial charge in [0.25, 0.3) is 0 Å². The van der Waals surface area contributed by atoms with Crippen LogP contribution in [0.2, 0.25) is 0 Å². The first-order valence-corrected chi connectivity index (χ1v) is 10.6. The van der Waals surface area contributed by atoms with Crippen LogP contribution in [-0.4, -0.2) is 37.4 Å². The zero-order valence-corrected chi connectivity index (χ0v) is 16.8. The van der Waals surface area contributed by atoms with E-state index in [1.54, 1.807) is 24.3 Å². The van der Waals surface area contributed by atoms with Gasteiger partial charge < -0.3 is 0 Å². The maximum atomic E-state index is 12.8. The monoisotopic (exact) mass is 379 g/mol. The van der Waals surface area contributed by atoms with E-state index >= 15 is 0 Å². The summed E-state index contributed by atoms with van der Waals surface area (Å²) in [7, 11) is -3.58. The van der Waals surface area contributed by atoms with Gasteiger partial charge in [-0.3, -0.25) is 4.79 Å². The normalized spacial score (nSPS) is 20.6. The highest BCUT2D eigenvalue weighted by atomic mass is 32.2. The molecule has 1 aromatic carbocycles. The lowest BCUT2D eigenvalue weighted by Crippen LogP contribution is -2.44. The molecule has 1 N–H and O–H groups in total. The maximum absolute atomic E-state index is 12.8. The number of carbonyl (C=O) groups is 1. The highest BCUT2D eigenvalue weighted by Gasteiger charge is 2.33. The number of rotatable bonds is 6. The van der Waals surface area contributed by atoms with Crippen LogP contribution >= 0.6 is 0 Å². The quantitative estimate of drug-likeness (QED) is 0.610. The topological polar surface area (TPSA) is 78.8 Å². The minimum absolute atomic E-state index is 0.194. The number of benzene rings is 1. The highest BCUT2D eigenvalue weighted by molar-refractivity contribution is 7.89. The number of piperidine rings is 1. The van der Waals surface area contributed by atoms with Crippen molar-refractivity contribution in [1.29, 1.82) is 0 Å². The molecule has 1 heterocycles. The van der Waals surface area contributed by atoms with Crippen LogP contribution in [0.5, 0.6) is 0 Å². The van der Waals surface area contributed by atoms with Crippen molar-refractivity contribution in [1.82, 2.24) is 9.73 Å². The summed E-state index contributed by atoms with van der Waals surface area (Å²) in [6.45, 7) is 8.57. The summed E-state index contributed by atoms with van der Waals surface area (Å²) in [6, 6.07) is 6.81. The summed E-state index contributed by atoms with van der Waals surface area (Å²) in [5.74, 6) is -0.283. The molecule has 1 amide bonds. The van der Waals surface area contributed by atoms with Crippen LogP contribution < -0.4 is 5.43 Å². The fourth-order valence-electron chi connectivity index (χ4n) is 2.87. The lowest BCUT2D eigenvalue weighted by molar-refractivity contribution is -0.126. The van der Waals surface area contributed by atoms with Gasteiger partial charge in [0, 0.05) is 18.8 Å². The Kier molecular flexibility index (Phi) is 6.94. The third kappa shape index (κ3) is 4.92. The molecule has 0 radical (unpaired) electrons. The zero-order valence-electron chi connectivity index (χ0n) is 16.0. The zero-order chi connectivity index (χ0) is 19.3. The van der Waals surface area contributed by atoms with Crippen LogP contribution in [0.3, 0.4) is 0 Å². The van der Waals surface area contributed by atoms with Crippen molar-refractivity contribution in [2.24, 2.45) is 16.9 Å². The lowest BCUT2D eigenvalue weighted by atomic mass is 9.99. The molecule has 6 nitrogen and oxygen atoms in total. The molecule has 0 saturated carbocycles. The highest BCUT2D eigenvalue weighted by Crippen LogP contribution is 2.24. The van der Waals surface area contributed by atoms with Gasteiger partial charge in [-0.15, -0.1) is 0 Å². The fraction of sp³-hybridized carbons (Fsp3) is 0.579. The molecule has 2 rings (SSSR count). The molecule has 1 aliphatic rings. The number of aryl methyl sites for hydroxylation is 1. The molecule has 2 atom stereocenters. The standard InChI is InChI=1S/C19H29N3O3S/c1-5-15(3)16(4)20-21-19(23)17-7-6-12-22(13-17)26(24,25)18-10-8-14(2)9-11-18/h8-11,15,17H,5-7,12-13H2,1-4H3,(H,21,23)/b20-16-/t15-,17-/m0/s1. The summed E-state index contributed by atoms with van der Waals surface area (Å²) in [6.07, 6.45) is 2.29. The largest absolute Gasteiger partial charge is 0.273 e. The molecule has 0 spiro atoms. The molecular formula is C19H29N3O3S. The molecule has 0 aliphatic carbocycles. The second kappa shape index (κ2) is 8.77. The SMILES string of the molecule is CC[C@H](C)/C(C)=N\NC(=O)[C@H]1CCCN(S(=O)(=O)c2ccc(C)cc2)C1. The van der Waals surface area contributed by atoms with E-state index < -0.39 is 10.0 Å². The molecule has 0 bridgehead atoms. The number of hydrogen-bond acceptors (Lipinski definition) is 4. The third-order valence-corrected chi connectivity index (χ3v) is 6.96. The number of nitrogens with one attached hydrogen (secondary N) is 1. The third-order valence-electron chi connectivity index (χ3n) is 5.08. The van der Waals surface area contributed by atoms with Gasteiger partial charge in [-0.1, -0.05) is 31.5 Å². The first-order valence-electron chi connectivity index (χ1n) is 9.16. The Hall–Kier alpha value is -1.73. The van der Waals surface area contributed by atoms with Gasteiger partial charge in [-0.05, 0) is 51.2 Å². The van der Waals surface area contributed by atoms with E-state index in [1.165, 1.54) is 4.31 Å². The molecule has 0 unspecified atom stereocenters. The van der Waals surface area contributed by atoms with Crippen molar-refractivity contribution >= 4 is 21.6 Å². The van der Waals surface area contributed by atoms with E-state index in [0.717, 1.165) is 17.7 Å². The van der Waals surface area contributed by atoms with Crippen LogP contribution in [-0.2, 0) is 14.8 Å². The van der Waals surface area contributed by atoms with Gasteiger partial charge in [0.1, 0.15) is 0 Å². The molecule has 1 fully saturated rings. The molecule has 1 aliphatic heterocycles. The molecule has 144 valence electrons. The first-order chi connectivity index (χ1) is 12.3. The van der Waals surface area contributed by atoms with Crippen LogP contribution in [0.25, 0.3) is 0 Å². The second-order valence-corrected chi connectivity index (χ2v) is 8.99.